The number of carbonyl (C=O) groups is 1. The van der Waals surface area contributed by atoms with E-state index in [0.717, 1.165) is 18.4 Å². The Kier molecular flexibility index (Phi) is 4.96. The Morgan fingerprint density at radius 3 is 2.68 bits per heavy atom. The van der Waals surface area contributed by atoms with Crippen molar-refractivity contribution in [2.24, 2.45) is 0 Å². The summed E-state index contributed by atoms with van der Waals surface area (Å²) in [6.45, 7) is 0.107. The zero-order valence-corrected chi connectivity index (χ0v) is 16.0. The minimum absolute atomic E-state index is 0.107. The van der Waals surface area contributed by atoms with Gasteiger partial charge < -0.3 is 19.3 Å². The van der Waals surface area contributed by atoms with Crippen LogP contribution in [-0.4, -0.2) is 18.2 Å². The number of nitrogens with zero attached hydrogens (tertiary/aromatic N) is 1. The molecule has 1 aliphatic rings. The number of carbonyl (C=O) groups excluding carboxylic acids is 1. The van der Waals surface area contributed by atoms with Gasteiger partial charge in [-0.3, -0.25) is 4.79 Å². The summed E-state index contributed by atoms with van der Waals surface area (Å²) < 4.78 is 16.0. The number of aromatic nitrogens is 1. The summed E-state index contributed by atoms with van der Waals surface area (Å²) >= 11 is 6.15. The van der Waals surface area contributed by atoms with Crippen molar-refractivity contribution in [2.45, 2.75) is 25.0 Å². The van der Waals surface area contributed by atoms with Crippen LogP contribution in [0.2, 0.25) is 5.02 Å². The van der Waals surface area contributed by atoms with Crippen LogP contribution in [0.25, 0.3) is 0 Å². The van der Waals surface area contributed by atoms with Crippen molar-refractivity contribution in [3.8, 4) is 11.5 Å². The predicted molar refractivity (Wildman–Crippen MR) is 104 cm³/mol. The second-order valence-corrected chi connectivity index (χ2v) is 7.07. The van der Waals surface area contributed by atoms with Crippen LogP contribution in [0.3, 0.4) is 0 Å². The van der Waals surface area contributed by atoms with Gasteiger partial charge in [0.15, 0.2) is 11.5 Å². The SMILES string of the molecule is COc1ccc(OCc2cc(C(=O)NC3(c4ccccc4)CC3)no2)c(Cl)c1. The van der Waals surface area contributed by atoms with Gasteiger partial charge >= 0.3 is 0 Å². The molecule has 4 rings (SSSR count). The highest BCUT2D eigenvalue weighted by Gasteiger charge is 2.45. The molecule has 0 saturated heterocycles. The number of rotatable bonds is 7. The fourth-order valence-electron chi connectivity index (χ4n) is 3.01. The quantitative estimate of drug-likeness (QED) is 0.641. The van der Waals surface area contributed by atoms with Gasteiger partial charge in [-0.1, -0.05) is 47.1 Å². The summed E-state index contributed by atoms with van der Waals surface area (Å²) in [7, 11) is 1.57. The topological polar surface area (TPSA) is 73.6 Å². The molecule has 0 atom stereocenters. The van der Waals surface area contributed by atoms with Crippen LogP contribution in [0.4, 0.5) is 0 Å². The van der Waals surface area contributed by atoms with E-state index in [-0.39, 0.29) is 23.7 Å². The second kappa shape index (κ2) is 7.56. The molecule has 1 N–H and O–H groups in total. The Labute approximate surface area is 167 Å². The van der Waals surface area contributed by atoms with Crippen LogP contribution >= 0.6 is 11.6 Å². The summed E-state index contributed by atoms with van der Waals surface area (Å²) in [6.07, 6.45) is 1.82. The molecule has 0 unspecified atom stereocenters. The molecule has 1 fully saturated rings. The maximum atomic E-state index is 12.6. The summed E-state index contributed by atoms with van der Waals surface area (Å²) in [6, 6.07) is 16.6. The largest absolute Gasteiger partial charge is 0.497 e. The van der Waals surface area contributed by atoms with Gasteiger partial charge in [0.1, 0.15) is 18.1 Å². The highest BCUT2D eigenvalue weighted by Crippen LogP contribution is 2.45. The fourth-order valence-corrected chi connectivity index (χ4v) is 3.24. The average molecular weight is 399 g/mol. The molecular formula is C21H19ClN2O4. The lowest BCUT2D eigenvalue weighted by Gasteiger charge is -2.16. The van der Waals surface area contributed by atoms with Crippen LogP contribution in [0.5, 0.6) is 11.5 Å². The molecular weight excluding hydrogens is 380 g/mol. The lowest BCUT2D eigenvalue weighted by atomic mass is 10.0. The Hall–Kier alpha value is -2.99. The van der Waals surface area contributed by atoms with E-state index in [1.807, 2.05) is 30.3 Å². The van der Waals surface area contributed by atoms with Gasteiger partial charge in [-0.25, -0.2) is 0 Å². The van der Waals surface area contributed by atoms with E-state index in [0.29, 0.717) is 22.3 Å². The first-order valence-electron chi connectivity index (χ1n) is 8.90. The van der Waals surface area contributed by atoms with Crippen LogP contribution in [0.1, 0.15) is 34.7 Å². The summed E-state index contributed by atoms with van der Waals surface area (Å²) in [5.74, 6) is 1.30. The van der Waals surface area contributed by atoms with E-state index in [1.54, 1.807) is 31.4 Å². The highest BCUT2D eigenvalue weighted by molar-refractivity contribution is 6.32. The number of nitrogens with one attached hydrogen (secondary N) is 1. The van der Waals surface area contributed by atoms with E-state index in [1.165, 1.54) is 0 Å². The Morgan fingerprint density at radius 2 is 2.00 bits per heavy atom. The average Bonchev–Trinajstić information content (AvgIpc) is 3.34. The summed E-state index contributed by atoms with van der Waals surface area (Å²) in [5, 5.41) is 7.36. The van der Waals surface area contributed by atoms with Crippen LogP contribution in [-0.2, 0) is 12.1 Å². The first-order valence-corrected chi connectivity index (χ1v) is 9.27. The number of hydrogen-bond donors (Lipinski definition) is 1. The first kappa shape index (κ1) is 18.4. The molecule has 1 heterocycles. The molecule has 0 radical (unpaired) electrons. The first-order chi connectivity index (χ1) is 13.6. The third kappa shape index (κ3) is 3.82. The van der Waals surface area contributed by atoms with Crippen LogP contribution in [0.15, 0.2) is 59.1 Å². The van der Waals surface area contributed by atoms with E-state index < -0.39 is 0 Å². The summed E-state index contributed by atoms with van der Waals surface area (Å²) in [4.78, 5) is 12.6. The molecule has 2 aromatic carbocycles. The molecule has 144 valence electrons. The monoisotopic (exact) mass is 398 g/mol. The molecule has 1 amide bonds. The Morgan fingerprint density at radius 1 is 1.21 bits per heavy atom. The van der Waals surface area contributed by atoms with Gasteiger partial charge in [-0.2, -0.15) is 0 Å². The molecule has 3 aromatic rings. The maximum absolute atomic E-state index is 12.6. The van der Waals surface area contributed by atoms with Gasteiger partial charge in [0, 0.05) is 12.1 Å². The van der Waals surface area contributed by atoms with E-state index >= 15 is 0 Å². The summed E-state index contributed by atoms with van der Waals surface area (Å²) in [5.41, 5.74) is 1.02. The van der Waals surface area contributed by atoms with Crippen molar-refractivity contribution in [2.75, 3.05) is 7.11 Å². The van der Waals surface area contributed by atoms with E-state index in [9.17, 15) is 4.79 Å². The fraction of sp³-hybridized carbons (Fsp3) is 0.238. The standard InChI is InChI=1S/C21H19ClN2O4/c1-26-15-7-8-19(17(22)11-15)27-13-16-12-18(24-28-16)20(25)23-21(9-10-21)14-5-3-2-4-6-14/h2-8,11-12H,9-10,13H2,1H3,(H,23,25). The Balaban J connectivity index is 1.38. The minimum Gasteiger partial charge on any atom is -0.497 e. The number of ether oxygens (including phenoxy) is 2. The van der Waals surface area contributed by atoms with Gasteiger partial charge in [0.05, 0.1) is 17.7 Å². The minimum atomic E-state index is -0.301. The third-order valence-electron chi connectivity index (χ3n) is 4.73. The number of benzene rings is 2. The van der Waals surface area contributed by atoms with Gasteiger partial charge in [0.25, 0.3) is 5.91 Å². The molecule has 1 aromatic heterocycles. The smallest absolute Gasteiger partial charge is 0.274 e. The predicted octanol–water partition coefficient (Wildman–Crippen LogP) is 4.33. The van der Waals surface area contributed by atoms with Crippen molar-refractivity contribution in [3.05, 3.63) is 76.6 Å². The number of halogens is 1. The van der Waals surface area contributed by atoms with Crippen molar-refractivity contribution in [1.82, 2.24) is 10.5 Å². The van der Waals surface area contributed by atoms with Crippen molar-refractivity contribution in [1.29, 1.82) is 0 Å². The molecule has 6 nitrogen and oxygen atoms in total. The highest BCUT2D eigenvalue weighted by atomic mass is 35.5. The number of amides is 1. The third-order valence-corrected chi connectivity index (χ3v) is 5.03. The van der Waals surface area contributed by atoms with Gasteiger partial charge in [-0.05, 0) is 30.5 Å². The lowest BCUT2D eigenvalue weighted by molar-refractivity contribution is 0.0921. The zero-order chi connectivity index (χ0) is 19.6. The number of methoxy groups -OCH3 is 1. The molecule has 0 bridgehead atoms. The van der Waals surface area contributed by atoms with E-state index in [2.05, 4.69) is 10.5 Å². The van der Waals surface area contributed by atoms with Crippen LogP contribution in [0, 0.1) is 0 Å². The molecule has 1 saturated carbocycles. The van der Waals surface area contributed by atoms with Crippen molar-refractivity contribution < 1.29 is 18.8 Å². The Bertz CT molecular complexity index is 983. The molecule has 0 aliphatic heterocycles. The van der Waals surface area contributed by atoms with Gasteiger partial charge in [0.2, 0.25) is 0 Å². The molecule has 28 heavy (non-hydrogen) atoms. The van der Waals surface area contributed by atoms with Gasteiger partial charge in [-0.15, -0.1) is 0 Å². The lowest BCUT2D eigenvalue weighted by Crippen LogP contribution is -2.35. The maximum Gasteiger partial charge on any atom is 0.274 e. The molecule has 1 aliphatic carbocycles. The molecule has 7 heteroatoms. The zero-order valence-electron chi connectivity index (χ0n) is 15.3. The van der Waals surface area contributed by atoms with E-state index in [4.69, 9.17) is 25.6 Å². The van der Waals surface area contributed by atoms with Crippen LogP contribution < -0.4 is 14.8 Å². The normalized spacial score (nSPS) is 14.4. The van der Waals surface area contributed by atoms with Crippen molar-refractivity contribution in [3.63, 3.8) is 0 Å². The second-order valence-electron chi connectivity index (χ2n) is 6.67. The molecule has 0 spiro atoms. The van der Waals surface area contributed by atoms with Crippen molar-refractivity contribution >= 4 is 17.5 Å². The number of hydrogen-bond acceptors (Lipinski definition) is 5.